The van der Waals surface area contributed by atoms with Gasteiger partial charge in [0.15, 0.2) is 6.10 Å². The van der Waals surface area contributed by atoms with Crippen molar-refractivity contribution in [1.82, 2.24) is 15.2 Å². The quantitative estimate of drug-likeness (QED) is 0.688. The van der Waals surface area contributed by atoms with Crippen LogP contribution in [0.4, 0.5) is 0 Å². The van der Waals surface area contributed by atoms with Crippen LogP contribution in [0.3, 0.4) is 0 Å². The van der Waals surface area contributed by atoms with Crippen LogP contribution < -0.4 is 0 Å². The molecule has 0 aliphatic rings. The summed E-state index contributed by atoms with van der Waals surface area (Å²) >= 11 is 0. The van der Waals surface area contributed by atoms with E-state index in [-0.39, 0.29) is 5.89 Å². The van der Waals surface area contributed by atoms with E-state index in [4.69, 9.17) is 9.15 Å². The maximum Gasteiger partial charge on any atom is 0.339 e. The summed E-state index contributed by atoms with van der Waals surface area (Å²) in [4.78, 5) is 15.8. The van der Waals surface area contributed by atoms with Gasteiger partial charge in [0.2, 0.25) is 5.89 Å². The molecule has 0 fully saturated rings. The number of aromatic nitrogens is 3. The summed E-state index contributed by atoms with van der Waals surface area (Å²) in [7, 11) is 0. The van der Waals surface area contributed by atoms with E-state index in [1.54, 1.807) is 19.1 Å². The lowest BCUT2D eigenvalue weighted by Crippen LogP contribution is -2.09. The number of hydrogen-bond acceptors (Lipinski definition) is 6. The van der Waals surface area contributed by atoms with Gasteiger partial charge in [-0.3, -0.25) is 4.98 Å². The van der Waals surface area contributed by atoms with Gasteiger partial charge in [-0.1, -0.05) is 18.2 Å². The van der Waals surface area contributed by atoms with Gasteiger partial charge in [-0.2, -0.15) is 0 Å². The maximum absolute atomic E-state index is 12.0. The molecule has 2 heterocycles. The first kappa shape index (κ1) is 13.9. The molecule has 0 aliphatic carbocycles. The fourth-order valence-corrected chi connectivity index (χ4v) is 1.86. The summed E-state index contributed by atoms with van der Waals surface area (Å²) in [6.07, 6.45) is 2.42. The molecule has 22 heavy (non-hydrogen) atoms. The minimum absolute atomic E-state index is 0.251. The molecule has 110 valence electrons. The van der Waals surface area contributed by atoms with Crippen molar-refractivity contribution in [1.29, 1.82) is 0 Å². The smallest absolute Gasteiger partial charge is 0.339 e. The van der Waals surface area contributed by atoms with Crippen LogP contribution in [0.2, 0.25) is 0 Å². The van der Waals surface area contributed by atoms with E-state index in [2.05, 4.69) is 15.2 Å². The van der Waals surface area contributed by atoms with Crippen LogP contribution in [0.5, 0.6) is 0 Å². The summed E-state index contributed by atoms with van der Waals surface area (Å²) in [5, 5.41) is 7.90. The molecule has 0 bridgehead atoms. The summed E-state index contributed by atoms with van der Waals surface area (Å²) in [5.74, 6) is 0.179. The second-order valence-corrected chi connectivity index (χ2v) is 4.59. The predicted octanol–water partition coefficient (Wildman–Crippen LogP) is 3.05. The van der Waals surface area contributed by atoms with Crippen LogP contribution in [-0.2, 0) is 4.74 Å². The van der Waals surface area contributed by atoms with Crippen molar-refractivity contribution < 1.29 is 13.9 Å². The van der Waals surface area contributed by atoms with Gasteiger partial charge < -0.3 is 9.15 Å². The summed E-state index contributed by atoms with van der Waals surface area (Å²) < 4.78 is 10.9. The van der Waals surface area contributed by atoms with Crippen LogP contribution >= 0.6 is 0 Å². The van der Waals surface area contributed by atoms with E-state index < -0.39 is 12.1 Å². The number of ether oxygens (including phenoxy) is 1. The highest BCUT2D eigenvalue weighted by Crippen LogP contribution is 2.22. The largest absolute Gasteiger partial charge is 0.449 e. The summed E-state index contributed by atoms with van der Waals surface area (Å²) in [5.41, 5.74) is 1.23. The van der Waals surface area contributed by atoms with E-state index in [1.807, 2.05) is 30.3 Å². The van der Waals surface area contributed by atoms with Crippen LogP contribution in [-0.4, -0.2) is 21.2 Å². The standard InChI is InChI=1S/C16H13N3O3/c1-11(21-16(20)13-7-9-17-10-8-13)14-18-19-15(22-14)12-5-3-2-4-6-12/h2-11H,1H3/t11-/m0/s1. The lowest BCUT2D eigenvalue weighted by Gasteiger charge is -2.08. The zero-order valence-corrected chi connectivity index (χ0v) is 11.8. The zero-order valence-electron chi connectivity index (χ0n) is 11.8. The molecule has 2 aromatic heterocycles. The molecule has 1 aromatic carbocycles. The van der Waals surface area contributed by atoms with Crippen LogP contribution in [0.25, 0.3) is 11.5 Å². The van der Waals surface area contributed by atoms with Gasteiger partial charge >= 0.3 is 5.97 Å². The highest BCUT2D eigenvalue weighted by Gasteiger charge is 2.19. The molecule has 0 radical (unpaired) electrons. The number of nitrogens with zero attached hydrogens (tertiary/aromatic N) is 3. The molecule has 3 aromatic rings. The first-order valence-corrected chi connectivity index (χ1v) is 6.74. The van der Waals surface area contributed by atoms with Crippen molar-refractivity contribution in [2.75, 3.05) is 0 Å². The van der Waals surface area contributed by atoms with Gasteiger partial charge in [0.25, 0.3) is 5.89 Å². The molecule has 0 saturated carbocycles. The van der Waals surface area contributed by atoms with Gasteiger partial charge in [0.1, 0.15) is 0 Å². The Labute approximate surface area is 126 Å². The van der Waals surface area contributed by atoms with Gasteiger partial charge in [0.05, 0.1) is 5.56 Å². The molecule has 0 amide bonds. The molecule has 1 atom stereocenters. The molecular formula is C16H13N3O3. The lowest BCUT2D eigenvalue weighted by molar-refractivity contribution is 0.0279. The zero-order chi connectivity index (χ0) is 15.4. The normalized spacial score (nSPS) is 11.9. The maximum atomic E-state index is 12.0. The Morgan fingerprint density at radius 1 is 1.09 bits per heavy atom. The van der Waals surface area contributed by atoms with E-state index in [9.17, 15) is 4.79 Å². The molecule has 0 unspecified atom stereocenters. The Bertz CT molecular complexity index is 757. The Morgan fingerprint density at radius 2 is 1.82 bits per heavy atom. The molecule has 0 saturated heterocycles. The first-order valence-electron chi connectivity index (χ1n) is 6.74. The number of hydrogen-bond donors (Lipinski definition) is 0. The fourth-order valence-electron chi connectivity index (χ4n) is 1.86. The van der Waals surface area contributed by atoms with E-state index >= 15 is 0 Å². The average Bonchev–Trinajstić information content (AvgIpc) is 3.06. The second kappa shape index (κ2) is 6.17. The van der Waals surface area contributed by atoms with Crippen molar-refractivity contribution >= 4 is 5.97 Å². The van der Waals surface area contributed by atoms with Crippen LogP contribution in [0, 0.1) is 0 Å². The minimum atomic E-state index is -0.634. The van der Waals surface area contributed by atoms with Crippen LogP contribution in [0.1, 0.15) is 29.3 Å². The van der Waals surface area contributed by atoms with Gasteiger partial charge in [-0.05, 0) is 31.2 Å². The molecule has 0 spiro atoms. The number of carbonyl (C=O) groups is 1. The molecule has 0 aliphatic heterocycles. The SMILES string of the molecule is C[C@H](OC(=O)c1ccncc1)c1nnc(-c2ccccc2)o1. The van der Waals surface area contributed by atoms with Gasteiger partial charge in [-0.25, -0.2) is 4.79 Å². The van der Waals surface area contributed by atoms with E-state index in [0.717, 1.165) is 5.56 Å². The van der Waals surface area contributed by atoms with Gasteiger partial charge in [-0.15, -0.1) is 10.2 Å². The third-order valence-corrected chi connectivity index (χ3v) is 3.01. The third-order valence-electron chi connectivity index (χ3n) is 3.01. The topological polar surface area (TPSA) is 78.1 Å². The third kappa shape index (κ3) is 3.01. The summed E-state index contributed by atoms with van der Waals surface area (Å²) in [6, 6.07) is 12.6. The summed E-state index contributed by atoms with van der Waals surface area (Å²) in [6.45, 7) is 1.68. The number of pyridine rings is 1. The minimum Gasteiger partial charge on any atom is -0.449 e. The van der Waals surface area contributed by atoms with E-state index in [1.165, 1.54) is 12.4 Å². The Morgan fingerprint density at radius 3 is 2.55 bits per heavy atom. The predicted molar refractivity (Wildman–Crippen MR) is 77.8 cm³/mol. The highest BCUT2D eigenvalue weighted by molar-refractivity contribution is 5.89. The molecular weight excluding hydrogens is 282 g/mol. The molecule has 0 N–H and O–H groups in total. The van der Waals surface area contributed by atoms with Crippen LogP contribution in [0.15, 0.2) is 59.3 Å². The lowest BCUT2D eigenvalue weighted by atomic mass is 10.2. The second-order valence-electron chi connectivity index (χ2n) is 4.59. The number of esters is 1. The van der Waals surface area contributed by atoms with Crippen molar-refractivity contribution in [2.24, 2.45) is 0 Å². The van der Waals surface area contributed by atoms with E-state index in [0.29, 0.717) is 11.5 Å². The number of benzene rings is 1. The Balaban J connectivity index is 1.72. The van der Waals surface area contributed by atoms with Gasteiger partial charge in [0, 0.05) is 18.0 Å². The average molecular weight is 295 g/mol. The number of carbonyl (C=O) groups excluding carboxylic acids is 1. The van der Waals surface area contributed by atoms with Crippen molar-refractivity contribution in [3.05, 3.63) is 66.3 Å². The van der Waals surface area contributed by atoms with Crippen molar-refractivity contribution in [3.63, 3.8) is 0 Å². The Kier molecular flexibility index (Phi) is 3.91. The fraction of sp³-hybridized carbons (Fsp3) is 0.125. The van der Waals surface area contributed by atoms with Crippen molar-refractivity contribution in [3.8, 4) is 11.5 Å². The first-order chi connectivity index (χ1) is 10.7. The highest BCUT2D eigenvalue weighted by atomic mass is 16.6. The molecule has 6 nitrogen and oxygen atoms in total. The monoisotopic (exact) mass is 295 g/mol. The Hall–Kier alpha value is -3.02. The molecule has 3 rings (SSSR count). The molecule has 6 heteroatoms. The number of rotatable bonds is 4. The van der Waals surface area contributed by atoms with Crippen molar-refractivity contribution in [2.45, 2.75) is 13.0 Å².